The third-order valence-corrected chi connectivity index (χ3v) is 6.10. The van der Waals surface area contributed by atoms with Crippen LogP contribution in [0.15, 0.2) is 42.0 Å². The molecule has 2 fully saturated rings. The van der Waals surface area contributed by atoms with Crippen LogP contribution in [0.1, 0.15) is 24.8 Å². The molecule has 2 aliphatic rings. The van der Waals surface area contributed by atoms with Gasteiger partial charge in [-0.05, 0) is 59.9 Å². The summed E-state index contributed by atoms with van der Waals surface area (Å²) in [5, 5.41) is 47.2. The van der Waals surface area contributed by atoms with Gasteiger partial charge < -0.3 is 35.8 Å². The molecule has 2 aliphatic heterocycles. The number of allylic oxidation sites excluding steroid dienone is 1. The predicted octanol–water partition coefficient (Wildman–Crippen LogP) is 0.681. The quantitative estimate of drug-likeness (QED) is 0.246. The number of nitrogens with two attached hydrogens (primary N) is 1. The van der Waals surface area contributed by atoms with E-state index >= 15 is 0 Å². The van der Waals surface area contributed by atoms with Crippen molar-refractivity contribution in [3.8, 4) is 6.07 Å². The van der Waals surface area contributed by atoms with E-state index in [4.69, 9.17) is 25.9 Å². The van der Waals surface area contributed by atoms with E-state index in [1.807, 2.05) is 18.2 Å². The summed E-state index contributed by atoms with van der Waals surface area (Å²) in [6, 6.07) is 13.4. The number of carbonyl (C=O) groups excluding carboxylic acids is 1. The Morgan fingerprint density at radius 1 is 1.09 bits per heavy atom. The second-order valence-corrected chi connectivity index (χ2v) is 8.47. The van der Waals surface area contributed by atoms with Gasteiger partial charge >= 0.3 is 0 Å². The van der Waals surface area contributed by atoms with Crippen LogP contribution < -0.4 is 10.6 Å². The topological polar surface area (TPSA) is 160 Å². The summed E-state index contributed by atoms with van der Waals surface area (Å²) in [5.41, 5.74) is 7.56. The Balaban J connectivity index is 0.000000229. The molecule has 4 rings (SSSR count). The smallest absolute Gasteiger partial charge is 0.173 e. The van der Waals surface area contributed by atoms with Crippen molar-refractivity contribution in [1.82, 2.24) is 0 Å². The maximum atomic E-state index is 10.7. The highest BCUT2D eigenvalue weighted by Crippen LogP contribution is 2.26. The molecule has 9 heteroatoms. The number of carbonyl (C=O) groups is 1. The average molecular weight is 470 g/mol. The molecular weight excluding hydrogens is 438 g/mol. The highest BCUT2D eigenvalue weighted by molar-refractivity contribution is 5.91. The van der Waals surface area contributed by atoms with Gasteiger partial charge in [0.25, 0.3) is 0 Å². The van der Waals surface area contributed by atoms with E-state index in [0.717, 1.165) is 24.0 Å². The molecule has 2 aromatic carbocycles. The lowest BCUT2D eigenvalue weighted by molar-refractivity contribution is -0.248. The van der Waals surface area contributed by atoms with Crippen molar-refractivity contribution in [2.24, 2.45) is 5.73 Å². The van der Waals surface area contributed by atoms with Crippen LogP contribution in [0.3, 0.4) is 0 Å². The van der Waals surface area contributed by atoms with Gasteiger partial charge in [-0.1, -0.05) is 18.2 Å². The first-order valence-electron chi connectivity index (χ1n) is 11.3. The van der Waals surface area contributed by atoms with Crippen LogP contribution in [-0.2, 0) is 9.53 Å². The van der Waals surface area contributed by atoms with Gasteiger partial charge in [0.1, 0.15) is 24.4 Å². The largest absolute Gasteiger partial charge is 0.394 e. The Kier molecular flexibility index (Phi) is 9.12. The van der Waals surface area contributed by atoms with E-state index in [0.29, 0.717) is 6.29 Å². The maximum Gasteiger partial charge on any atom is 0.173 e. The molecule has 0 radical (unpaired) electrons. The Hall–Kier alpha value is -2.84. The van der Waals surface area contributed by atoms with E-state index < -0.39 is 37.3 Å². The first kappa shape index (κ1) is 25.8. The lowest BCUT2D eigenvalue weighted by atomic mass is 9.98. The minimum Gasteiger partial charge on any atom is -0.394 e. The van der Waals surface area contributed by atoms with Crippen molar-refractivity contribution in [3.05, 3.63) is 47.5 Å². The standard InChI is InChI=1S/C19H18N2O.C6H13NO5/c20-13-16(14-22)10-15-4-5-18-12-19(7-6-17(18)11-15)21-8-2-1-3-9-21;7-3-5(10)4(9)2(1-8)12-6(3)11/h4-7,10-12,14H,1-3,8-9H2;2-6,8-11H,1,7H2/b16-10+;. The Labute approximate surface area is 198 Å². The predicted molar refractivity (Wildman–Crippen MR) is 128 cm³/mol. The summed E-state index contributed by atoms with van der Waals surface area (Å²) in [5.74, 6) is 0. The Bertz CT molecular complexity index is 1040. The molecule has 0 aromatic heterocycles. The second-order valence-electron chi connectivity index (χ2n) is 8.47. The van der Waals surface area contributed by atoms with Crippen LogP contribution in [0.25, 0.3) is 16.8 Å². The molecule has 2 saturated heterocycles. The number of aliphatic hydroxyl groups is 4. The fourth-order valence-corrected chi connectivity index (χ4v) is 4.08. The van der Waals surface area contributed by atoms with Crippen molar-refractivity contribution < 1.29 is 30.0 Å². The monoisotopic (exact) mass is 469 g/mol. The van der Waals surface area contributed by atoms with Crippen molar-refractivity contribution in [2.75, 3.05) is 24.6 Å². The minimum absolute atomic E-state index is 0.143. The van der Waals surface area contributed by atoms with Gasteiger partial charge in [0, 0.05) is 18.8 Å². The molecule has 0 bridgehead atoms. The molecule has 2 heterocycles. The molecule has 0 spiro atoms. The number of piperidine rings is 1. The molecule has 182 valence electrons. The van der Waals surface area contributed by atoms with E-state index in [9.17, 15) is 15.0 Å². The zero-order valence-electron chi connectivity index (χ0n) is 18.8. The summed E-state index contributed by atoms with van der Waals surface area (Å²) in [7, 11) is 0. The molecule has 2 aromatic rings. The summed E-state index contributed by atoms with van der Waals surface area (Å²) < 4.78 is 4.70. The van der Waals surface area contributed by atoms with E-state index in [1.165, 1.54) is 30.3 Å². The third kappa shape index (κ3) is 6.18. The van der Waals surface area contributed by atoms with Gasteiger partial charge in [-0.25, -0.2) is 0 Å². The third-order valence-electron chi connectivity index (χ3n) is 6.10. The average Bonchev–Trinajstić information content (AvgIpc) is 2.88. The van der Waals surface area contributed by atoms with Crippen LogP contribution in [0.4, 0.5) is 5.69 Å². The number of rotatable bonds is 4. The second kappa shape index (κ2) is 12.0. The summed E-state index contributed by atoms with van der Waals surface area (Å²) >= 11 is 0. The molecule has 9 nitrogen and oxygen atoms in total. The fourth-order valence-electron chi connectivity index (χ4n) is 4.08. The molecule has 34 heavy (non-hydrogen) atoms. The summed E-state index contributed by atoms with van der Waals surface area (Å²) in [6.07, 6.45) is 1.22. The van der Waals surface area contributed by atoms with Crippen LogP contribution in [0, 0.1) is 11.3 Å². The minimum atomic E-state index is -1.35. The lowest BCUT2D eigenvalue weighted by Gasteiger charge is -2.38. The van der Waals surface area contributed by atoms with Gasteiger partial charge in [0.15, 0.2) is 12.6 Å². The molecule has 0 aliphatic carbocycles. The van der Waals surface area contributed by atoms with Gasteiger partial charge in [-0.3, -0.25) is 4.79 Å². The fraction of sp³-hybridized carbons (Fsp3) is 0.440. The van der Waals surface area contributed by atoms with Crippen LogP contribution >= 0.6 is 0 Å². The number of aliphatic hydroxyl groups excluding tert-OH is 4. The molecule has 0 saturated carbocycles. The van der Waals surface area contributed by atoms with Crippen molar-refractivity contribution in [2.45, 2.75) is 49.9 Å². The van der Waals surface area contributed by atoms with Crippen molar-refractivity contribution >= 4 is 28.8 Å². The van der Waals surface area contributed by atoms with Crippen LogP contribution in [0.5, 0.6) is 0 Å². The number of aldehydes is 1. The van der Waals surface area contributed by atoms with Gasteiger partial charge in [-0.2, -0.15) is 5.26 Å². The Morgan fingerprint density at radius 3 is 2.41 bits per heavy atom. The molecular formula is C25H31N3O6. The van der Waals surface area contributed by atoms with Crippen molar-refractivity contribution in [3.63, 3.8) is 0 Å². The number of benzene rings is 2. The summed E-state index contributed by atoms with van der Waals surface area (Å²) in [4.78, 5) is 13.2. The number of ether oxygens (including phenoxy) is 1. The number of nitriles is 1. The Morgan fingerprint density at radius 2 is 1.76 bits per heavy atom. The van der Waals surface area contributed by atoms with E-state index in [1.54, 1.807) is 6.08 Å². The maximum absolute atomic E-state index is 10.7. The first-order chi connectivity index (χ1) is 16.4. The van der Waals surface area contributed by atoms with Gasteiger partial charge in [-0.15, -0.1) is 0 Å². The molecule has 5 unspecified atom stereocenters. The molecule has 0 amide bonds. The number of hydrogen-bond acceptors (Lipinski definition) is 9. The molecule has 5 atom stereocenters. The molecule has 6 N–H and O–H groups in total. The van der Waals surface area contributed by atoms with Crippen LogP contribution in [-0.4, -0.2) is 77.1 Å². The highest BCUT2D eigenvalue weighted by atomic mass is 16.6. The van der Waals surface area contributed by atoms with Crippen molar-refractivity contribution in [1.29, 1.82) is 5.26 Å². The van der Waals surface area contributed by atoms with Gasteiger partial charge in [0.05, 0.1) is 18.2 Å². The number of nitrogens with zero attached hydrogens (tertiary/aromatic N) is 2. The highest BCUT2D eigenvalue weighted by Gasteiger charge is 2.41. The number of fused-ring (bicyclic) bond motifs is 1. The number of anilines is 1. The number of hydrogen-bond donors (Lipinski definition) is 5. The van der Waals surface area contributed by atoms with E-state index in [2.05, 4.69) is 29.2 Å². The van der Waals surface area contributed by atoms with E-state index in [-0.39, 0.29) is 5.57 Å². The summed E-state index contributed by atoms with van der Waals surface area (Å²) in [6.45, 7) is 1.80. The normalized spacial score (nSPS) is 27.5. The first-order valence-corrected chi connectivity index (χ1v) is 11.3. The van der Waals surface area contributed by atoms with Gasteiger partial charge in [0.2, 0.25) is 0 Å². The lowest BCUT2D eigenvalue weighted by Crippen LogP contribution is -2.61. The SMILES string of the molecule is N#C/C(C=O)=C\c1ccc2cc(N3CCCCC3)ccc2c1.NC1C(O)OC(CO)C(O)C1O. The zero-order chi connectivity index (χ0) is 24.7. The zero-order valence-corrected chi connectivity index (χ0v) is 18.8. The van der Waals surface area contributed by atoms with Crippen LogP contribution in [0.2, 0.25) is 0 Å².